The van der Waals surface area contributed by atoms with Crippen molar-refractivity contribution in [2.24, 2.45) is 68.0 Å². The second-order valence-corrected chi connectivity index (χ2v) is 52.2. The Balaban J connectivity index is 0.000000306. The van der Waals surface area contributed by atoms with Gasteiger partial charge in [0.1, 0.15) is 40.3 Å². The number of aliphatic hydroxyl groups is 1. The maximum atomic E-state index is 13.5. The third-order valence-electron chi connectivity index (χ3n) is 35.1. The SMILES string of the molecule is CC(C)CCC(=O)C1(CN2CCCCC2C)CCN(C(C)C)CC1.CC(C)CCC(=O)C1(CN2CCN(C(=O)OC(C)(C)C)CC2C)CCN(C(C)C)CC1.CC(C)CCC(=O)C1(CNC2CCOCC2)CCN(C(C)C)CC1.CC(C)CCC(=O)C1(CO)CCN(C(C)C)CC1.COC1CCN(CC2(C(=O)CCC(C)C)CCN(C(C)C)CC2)C1.COCCN(C)CC1(C(=O)CCC(C)C)CCN(C(C)C)CC1. The van der Waals surface area contributed by atoms with Crippen LogP contribution in [-0.4, -0.2) is 371 Å². The molecule has 10 aliphatic rings. The van der Waals surface area contributed by atoms with Gasteiger partial charge >= 0.3 is 6.09 Å². The first-order valence-electron chi connectivity index (χ1n) is 59.1. The predicted octanol–water partition coefficient (Wildman–Crippen LogP) is 20.8. The van der Waals surface area contributed by atoms with Crippen LogP contribution in [-0.2, 0) is 47.7 Å². The van der Waals surface area contributed by atoms with Crippen LogP contribution in [0.4, 0.5) is 4.79 Å². The minimum atomic E-state index is -0.477. The Morgan fingerprint density at radius 1 is 0.382 bits per heavy atom. The fraction of sp³-hybridized carbons (Fsp3) is 0.942. The molecule has 10 heterocycles. The monoisotopic (exact) mass is 2030 g/mol. The van der Waals surface area contributed by atoms with Gasteiger partial charge in [0.25, 0.3) is 0 Å². The average Bonchev–Trinajstić information content (AvgIpc) is 1.17. The third-order valence-corrected chi connectivity index (χ3v) is 35.1. The van der Waals surface area contributed by atoms with Gasteiger partial charge in [-0.15, -0.1) is 0 Å². The number of rotatable bonds is 46. The van der Waals surface area contributed by atoms with Gasteiger partial charge in [-0.25, -0.2) is 4.79 Å². The topological polar surface area (TPSA) is 224 Å². The molecule has 0 saturated carbocycles. The zero-order valence-corrected chi connectivity index (χ0v) is 99.6. The summed E-state index contributed by atoms with van der Waals surface area (Å²) in [7, 11) is 5.66. The Kier molecular flexibility index (Phi) is 59.0. The molecule has 2 N–H and O–H groups in total. The third kappa shape index (κ3) is 44.3. The fourth-order valence-corrected chi connectivity index (χ4v) is 23.6. The second kappa shape index (κ2) is 64.8. The molecule has 1 amide bonds. The molecular weight excluding hydrogens is 1800 g/mol. The number of amides is 1. The molecule has 10 fully saturated rings. The lowest BCUT2D eigenvalue weighted by Gasteiger charge is -2.48. The molecular formula is C120H230N12O12. The van der Waals surface area contributed by atoms with Gasteiger partial charge in [0.15, 0.2) is 0 Å². The molecule has 0 radical (unpaired) electrons. The highest BCUT2D eigenvalue weighted by Crippen LogP contribution is 2.44. The Labute approximate surface area is 884 Å². The van der Waals surface area contributed by atoms with E-state index >= 15 is 0 Å². The van der Waals surface area contributed by atoms with Gasteiger partial charge in [0, 0.05) is 219 Å². The maximum absolute atomic E-state index is 13.5. The van der Waals surface area contributed by atoms with Crippen LogP contribution in [0.5, 0.6) is 0 Å². The Morgan fingerprint density at radius 2 is 0.701 bits per heavy atom. The van der Waals surface area contributed by atoms with E-state index in [9.17, 15) is 38.7 Å². The molecule has 0 aromatic heterocycles. The number of piperidine rings is 7. The van der Waals surface area contributed by atoms with Crippen molar-refractivity contribution in [3.05, 3.63) is 0 Å². The minimum Gasteiger partial charge on any atom is -0.444 e. The first-order valence-corrected chi connectivity index (χ1v) is 59.1. The molecule has 0 aromatic carbocycles. The number of carbonyl (C=O) groups excluding carboxylic acids is 7. The van der Waals surface area contributed by atoms with Crippen molar-refractivity contribution in [1.29, 1.82) is 0 Å². The number of hydrogen-bond acceptors (Lipinski definition) is 23. The van der Waals surface area contributed by atoms with Crippen molar-refractivity contribution < 1.29 is 57.6 Å². The van der Waals surface area contributed by atoms with E-state index in [-0.39, 0.29) is 51.6 Å². The number of nitrogens with one attached hydrogen (secondary N) is 1. The summed E-state index contributed by atoms with van der Waals surface area (Å²) in [5.74, 6) is 6.31. The largest absolute Gasteiger partial charge is 0.444 e. The number of methoxy groups -OCH3 is 2. The van der Waals surface area contributed by atoms with E-state index in [4.69, 9.17) is 18.9 Å². The molecule has 842 valence electrons. The van der Waals surface area contributed by atoms with Gasteiger partial charge < -0.3 is 68.6 Å². The molecule has 3 atom stereocenters. The summed E-state index contributed by atoms with van der Waals surface area (Å²) < 4.78 is 21.7. The Bertz CT molecular complexity index is 3560. The van der Waals surface area contributed by atoms with Crippen molar-refractivity contribution in [2.45, 2.75) is 459 Å². The number of hydrogen-bond donors (Lipinski definition) is 2. The zero-order chi connectivity index (χ0) is 108. The van der Waals surface area contributed by atoms with Crippen LogP contribution in [0.1, 0.15) is 393 Å². The lowest BCUT2D eigenvalue weighted by atomic mass is 9.72. The summed E-state index contributed by atoms with van der Waals surface area (Å²) in [6.07, 6.45) is 29.4. The van der Waals surface area contributed by atoms with Gasteiger partial charge in [-0.1, -0.05) is 89.5 Å². The van der Waals surface area contributed by atoms with Crippen molar-refractivity contribution in [3.63, 3.8) is 0 Å². The van der Waals surface area contributed by atoms with Crippen LogP contribution in [0.2, 0.25) is 0 Å². The summed E-state index contributed by atoms with van der Waals surface area (Å²) in [6, 6.07) is 4.79. The van der Waals surface area contributed by atoms with Crippen LogP contribution >= 0.6 is 0 Å². The highest BCUT2D eigenvalue weighted by molar-refractivity contribution is 5.88. The van der Waals surface area contributed by atoms with Crippen molar-refractivity contribution >= 4 is 40.8 Å². The minimum absolute atomic E-state index is 0.0237. The van der Waals surface area contributed by atoms with Crippen molar-refractivity contribution in [2.75, 3.05) is 205 Å². The van der Waals surface area contributed by atoms with Crippen molar-refractivity contribution in [1.82, 2.24) is 59.2 Å². The van der Waals surface area contributed by atoms with Crippen LogP contribution < -0.4 is 5.32 Å². The number of piperazine rings is 1. The van der Waals surface area contributed by atoms with Gasteiger partial charge in [0.05, 0.1) is 24.7 Å². The summed E-state index contributed by atoms with van der Waals surface area (Å²) in [6.45, 7) is 89.2. The Hall–Kier alpha value is -3.31. The number of likely N-dealkylation sites (N-methyl/N-ethyl adjacent to an activating group) is 1. The van der Waals surface area contributed by atoms with E-state index in [0.29, 0.717) is 145 Å². The Morgan fingerprint density at radius 3 is 1.01 bits per heavy atom. The summed E-state index contributed by atoms with van der Waals surface area (Å²) in [5.41, 5.74) is -1.66. The first-order chi connectivity index (χ1) is 67.7. The smallest absolute Gasteiger partial charge is 0.410 e. The van der Waals surface area contributed by atoms with Gasteiger partial charge in [0.2, 0.25) is 0 Å². The molecule has 0 aliphatic carbocycles. The number of ether oxygens (including phenoxy) is 4. The van der Waals surface area contributed by atoms with Crippen LogP contribution in [0.25, 0.3) is 0 Å². The molecule has 0 spiro atoms. The average molecular weight is 2030 g/mol. The zero-order valence-electron chi connectivity index (χ0n) is 99.6. The summed E-state index contributed by atoms with van der Waals surface area (Å²) in [5, 5.41) is 13.4. The highest BCUT2D eigenvalue weighted by Gasteiger charge is 2.50. The molecule has 24 heteroatoms. The molecule has 144 heavy (non-hydrogen) atoms. The normalized spacial score (nSPS) is 23.2. The number of Topliss-reactive ketones (excluding diaryl/α,β-unsaturated/α-hetero) is 6. The lowest BCUT2D eigenvalue weighted by molar-refractivity contribution is -0.135. The second-order valence-electron chi connectivity index (χ2n) is 52.2. The van der Waals surface area contributed by atoms with E-state index in [2.05, 4.69) is 241 Å². The predicted molar refractivity (Wildman–Crippen MR) is 599 cm³/mol. The van der Waals surface area contributed by atoms with Gasteiger partial charge in [-0.05, 0) is 393 Å². The summed E-state index contributed by atoms with van der Waals surface area (Å²) >= 11 is 0. The molecule has 10 saturated heterocycles. The van der Waals surface area contributed by atoms with E-state index in [1.165, 1.54) is 25.8 Å². The van der Waals surface area contributed by atoms with Crippen LogP contribution in [0.15, 0.2) is 0 Å². The standard InChI is InChI=1S/C25H47N3O3.C21H40N2O.2C20H38N2O2.C19H38N2O2.C15H29NO2/c1-19(2)9-10-22(29)25(11-13-26(14-12-25)20(3)4)18-28-16-15-27(17-21(28)5)23(30)31-24(6,7)8;1-17(2)9-10-20(24)21(11-14-22(15-12-21)18(3)4)16-23-13-7-6-8-19(23)5;1-16(2)6-7-19(23)20(9-12-22(13-10-20)17(3)4)15-21-11-8-18(14-21)24-5;1-16(2)5-6-19(23)20(9-11-22(12-10-20)17(3)4)15-21-18-7-13-24-14-8-18;1-16(2)7-8-18(22)19(15-20(5)13-14-23-6)9-11-21(12-10-19)17(3)4;1-12(2)5-6-14(18)15(11-17)7-9-16(10-8-15)13(3)4/h19-21H,9-18H2,1-8H3;17-19H,6-16H2,1-5H3;16-18H,6-15H2,1-5H3;16-18,21H,5-15H2,1-4H3;16-17H,7-15H2,1-6H3;12-13,17H,5-11H2,1-4H3. The van der Waals surface area contributed by atoms with Crippen LogP contribution in [0.3, 0.4) is 0 Å². The molecule has 10 aliphatic heterocycles. The number of likely N-dealkylation sites (tertiary alicyclic amines) is 8. The molecule has 0 bridgehead atoms. The number of nitrogens with zero attached hydrogens (tertiary/aromatic N) is 11. The van der Waals surface area contributed by atoms with Crippen LogP contribution in [0, 0.1) is 68.0 Å². The molecule has 0 aromatic rings. The van der Waals surface area contributed by atoms with E-state index < -0.39 is 11.0 Å². The van der Waals surface area contributed by atoms with E-state index in [0.717, 1.165) is 318 Å². The van der Waals surface area contributed by atoms with Gasteiger partial charge in [-0.2, -0.15) is 0 Å². The number of carbonyl (C=O) groups is 7. The number of ketones is 6. The van der Waals surface area contributed by atoms with E-state index in [1.807, 2.05) is 25.7 Å². The fourth-order valence-electron chi connectivity index (χ4n) is 23.6. The molecule has 3 unspecified atom stereocenters. The lowest BCUT2D eigenvalue weighted by Crippen LogP contribution is -2.59. The first kappa shape index (κ1) is 131. The number of aliphatic hydroxyl groups excluding tert-OH is 1. The molecule has 10 rings (SSSR count). The summed E-state index contributed by atoms with van der Waals surface area (Å²) in [4.78, 5) is 117. The van der Waals surface area contributed by atoms with Gasteiger partial charge in [-0.3, -0.25) is 43.5 Å². The quantitative estimate of drug-likeness (QED) is 0.0578. The highest BCUT2D eigenvalue weighted by atomic mass is 16.6. The van der Waals surface area contributed by atoms with Crippen molar-refractivity contribution in [3.8, 4) is 0 Å². The van der Waals surface area contributed by atoms with E-state index in [1.54, 1.807) is 14.2 Å². The molecule has 24 nitrogen and oxygen atoms in total. The maximum Gasteiger partial charge on any atom is 0.410 e.